The van der Waals surface area contributed by atoms with Crippen LogP contribution in [0.25, 0.3) is 0 Å². The number of rotatable bonds is 3. The first-order chi connectivity index (χ1) is 9.81. The van der Waals surface area contributed by atoms with Gasteiger partial charge in [-0.25, -0.2) is 0 Å². The minimum Gasteiger partial charge on any atom is -0.318 e. The molecule has 1 saturated carbocycles. The van der Waals surface area contributed by atoms with Gasteiger partial charge in [0.05, 0.1) is 6.54 Å². The smallest absolute Gasteiger partial charge is 0.238 e. The van der Waals surface area contributed by atoms with Crippen molar-refractivity contribution in [2.24, 2.45) is 0 Å². The molecule has 1 heterocycles. The van der Waals surface area contributed by atoms with E-state index >= 15 is 0 Å². The quantitative estimate of drug-likeness (QED) is 0.929. The predicted octanol–water partition coefficient (Wildman–Crippen LogP) is 2.79. The van der Waals surface area contributed by atoms with Crippen LogP contribution in [0.3, 0.4) is 0 Å². The molecule has 2 aliphatic rings. The van der Waals surface area contributed by atoms with E-state index in [0.717, 1.165) is 6.42 Å². The van der Waals surface area contributed by atoms with E-state index in [9.17, 15) is 4.79 Å². The van der Waals surface area contributed by atoms with Crippen LogP contribution in [-0.4, -0.2) is 34.9 Å². The number of amides is 1. The third-order valence-electron chi connectivity index (χ3n) is 4.46. The number of carbonyl (C=O) groups excluding carboxylic acids is 1. The molecule has 4 heteroatoms. The van der Waals surface area contributed by atoms with E-state index in [1.807, 2.05) is 30.0 Å². The Morgan fingerprint density at radius 1 is 1.20 bits per heavy atom. The summed E-state index contributed by atoms with van der Waals surface area (Å²) in [5, 5.41) is 3.96. The van der Waals surface area contributed by atoms with Gasteiger partial charge in [-0.05, 0) is 24.7 Å². The maximum absolute atomic E-state index is 12.4. The summed E-state index contributed by atoms with van der Waals surface area (Å²) in [6.07, 6.45) is 7.15. The summed E-state index contributed by atoms with van der Waals surface area (Å²) >= 11 is 1.92. The van der Waals surface area contributed by atoms with Crippen LogP contribution in [0, 0.1) is 0 Å². The summed E-state index contributed by atoms with van der Waals surface area (Å²) in [5.74, 6) is 0.254. The number of nitrogens with one attached hydrogen (secondary N) is 1. The highest BCUT2D eigenvalue weighted by Gasteiger charge is 2.40. The fourth-order valence-corrected chi connectivity index (χ4v) is 4.46. The number of carbonyl (C=O) groups is 1. The second-order valence-electron chi connectivity index (χ2n) is 5.62. The Bertz CT molecular complexity index is 465. The minimum atomic E-state index is 0.0569. The summed E-state index contributed by atoms with van der Waals surface area (Å²) < 4.78 is 0. The van der Waals surface area contributed by atoms with Crippen molar-refractivity contribution in [2.45, 2.75) is 43.1 Å². The molecule has 0 radical (unpaired) electrons. The Labute approximate surface area is 125 Å². The first-order valence-electron chi connectivity index (χ1n) is 7.43. The van der Waals surface area contributed by atoms with Crippen molar-refractivity contribution in [3.05, 3.63) is 35.9 Å². The van der Waals surface area contributed by atoms with Crippen LogP contribution in [0.1, 0.15) is 37.4 Å². The van der Waals surface area contributed by atoms with E-state index in [2.05, 4.69) is 28.6 Å². The molecular formula is C16H22N2OS. The topological polar surface area (TPSA) is 32.3 Å². The lowest BCUT2D eigenvalue weighted by Crippen LogP contribution is -2.46. The summed E-state index contributed by atoms with van der Waals surface area (Å²) in [6.45, 7) is 0.469. The lowest BCUT2D eigenvalue weighted by Gasteiger charge is -2.40. The van der Waals surface area contributed by atoms with Gasteiger partial charge in [-0.3, -0.25) is 10.1 Å². The van der Waals surface area contributed by atoms with Gasteiger partial charge in [-0.2, -0.15) is 11.8 Å². The zero-order valence-electron chi connectivity index (χ0n) is 11.9. The maximum atomic E-state index is 12.4. The lowest BCUT2D eigenvalue weighted by molar-refractivity contribution is -0.130. The van der Waals surface area contributed by atoms with Crippen molar-refractivity contribution in [1.82, 2.24) is 10.2 Å². The number of benzene rings is 1. The summed E-state index contributed by atoms with van der Waals surface area (Å²) in [7, 11) is 0. The van der Waals surface area contributed by atoms with Crippen molar-refractivity contribution in [1.29, 1.82) is 0 Å². The van der Waals surface area contributed by atoms with E-state index in [0.29, 0.717) is 17.8 Å². The number of hydrogen-bond donors (Lipinski definition) is 1. The van der Waals surface area contributed by atoms with Crippen LogP contribution in [-0.2, 0) is 4.79 Å². The molecule has 2 fully saturated rings. The Morgan fingerprint density at radius 3 is 2.70 bits per heavy atom. The molecule has 0 bridgehead atoms. The van der Waals surface area contributed by atoms with Crippen molar-refractivity contribution in [2.75, 3.05) is 12.8 Å². The first kappa shape index (κ1) is 14.0. The molecule has 1 saturated heterocycles. The second-order valence-corrected chi connectivity index (χ2v) is 6.70. The van der Waals surface area contributed by atoms with Crippen LogP contribution in [0.5, 0.6) is 0 Å². The second kappa shape index (κ2) is 6.19. The van der Waals surface area contributed by atoms with E-state index in [-0.39, 0.29) is 12.1 Å². The van der Waals surface area contributed by atoms with Gasteiger partial charge in [0.1, 0.15) is 6.17 Å². The highest BCUT2D eigenvalue weighted by Crippen LogP contribution is 2.36. The fourth-order valence-electron chi connectivity index (χ4n) is 3.48. The molecule has 3 atom stereocenters. The molecule has 1 aromatic carbocycles. The van der Waals surface area contributed by atoms with Crippen LogP contribution in [0.2, 0.25) is 0 Å². The Balaban J connectivity index is 1.86. The summed E-state index contributed by atoms with van der Waals surface area (Å²) in [4.78, 5) is 14.5. The van der Waals surface area contributed by atoms with Gasteiger partial charge in [-0.1, -0.05) is 43.2 Å². The van der Waals surface area contributed by atoms with Gasteiger partial charge >= 0.3 is 0 Å². The van der Waals surface area contributed by atoms with E-state index in [4.69, 9.17) is 0 Å². The van der Waals surface area contributed by atoms with Gasteiger partial charge < -0.3 is 4.90 Å². The molecule has 1 amide bonds. The van der Waals surface area contributed by atoms with Gasteiger partial charge in [0, 0.05) is 11.3 Å². The molecule has 0 aromatic heterocycles. The average molecular weight is 290 g/mol. The average Bonchev–Trinajstić information content (AvgIpc) is 2.89. The highest BCUT2D eigenvalue weighted by molar-refractivity contribution is 7.99. The van der Waals surface area contributed by atoms with Crippen molar-refractivity contribution >= 4 is 17.7 Å². The zero-order valence-corrected chi connectivity index (χ0v) is 12.7. The molecule has 1 aliphatic heterocycles. The molecular weight excluding hydrogens is 268 g/mol. The normalized spacial score (nSPS) is 30.8. The minimum absolute atomic E-state index is 0.0569. The van der Waals surface area contributed by atoms with Crippen LogP contribution in [0.15, 0.2) is 30.3 Å². The molecule has 1 aliphatic carbocycles. The van der Waals surface area contributed by atoms with E-state index in [1.165, 1.54) is 24.8 Å². The van der Waals surface area contributed by atoms with Gasteiger partial charge in [-0.15, -0.1) is 0 Å². The van der Waals surface area contributed by atoms with Gasteiger partial charge in [0.15, 0.2) is 0 Å². The molecule has 1 N–H and O–H groups in total. The third kappa shape index (κ3) is 2.59. The maximum Gasteiger partial charge on any atom is 0.238 e. The number of hydrogen-bond acceptors (Lipinski definition) is 3. The van der Waals surface area contributed by atoms with Crippen LogP contribution in [0.4, 0.5) is 0 Å². The van der Waals surface area contributed by atoms with Crippen LogP contribution >= 0.6 is 11.8 Å². The van der Waals surface area contributed by atoms with Gasteiger partial charge in [0.25, 0.3) is 0 Å². The standard InChI is InChI=1S/C16H22N2OS/c1-20-14-10-6-5-9-13(14)18-15(19)11-17-16(18)12-7-3-2-4-8-12/h2-4,7-8,13-14,16-17H,5-6,9-11H2,1H3. The fraction of sp³-hybridized carbons (Fsp3) is 0.562. The Kier molecular flexibility index (Phi) is 4.32. The van der Waals surface area contributed by atoms with Crippen LogP contribution < -0.4 is 5.32 Å². The van der Waals surface area contributed by atoms with E-state index in [1.54, 1.807) is 0 Å². The molecule has 1 aromatic rings. The largest absolute Gasteiger partial charge is 0.318 e. The SMILES string of the molecule is CSC1CCCCC1N1C(=O)CNC1c1ccccc1. The number of nitrogens with zero attached hydrogens (tertiary/aromatic N) is 1. The van der Waals surface area contributed by atoms with Crippen molar-refractivity contribution in [3.63, 3.8) is 0 Å². The molecule has 0 spiro atoms. The summed E-state index contributed by atoms with van der Waals surface area (Å²) in [5.41, 5.74) is 1.20. The Hall–Kier alpha value is -1.00. The zero-order chi connectivity index (χ0) is 13.9. The highest BCUT2D eigenvalue weighted by atomic mass is 32.2. The predicted molar refractivity (Wildman–Crippen MR) is 83.6 cm³/mol. The lowest BCUT2D eigenvalue weighted by atomic mass is 9.93. The molecule has 3 unspecified atom stereocenters. The van der Waals surface area contributed by atoms with Crippen molar-refractivity contribution in [3.8, 4) is 0 Å². The summed E-state index contributed by atoms with van der Waals surface area (Å²) in [6, 6.07) is 10.7. The van der Waals surface area contributed by atoms with Gasteiger partial charge in [0.2, 0.25) is 5.91 Å². The Morgan fingerprint density at radius 2 is 1.95 bits per heavy atom. The third-order valence-corrected chi connectivity index (χ3v) is 5.61. The first-order valence-corrected chi connectivity index (χ1v) is 8.72. The number of thioether (sulfide) groups is 1. The van der Waals surface area contributed by atoms with E-state index < -0.39 is 0 Å². The molecule has 3 rings (SSSR count). The molecule has 108 valence electrons. The monoisotopic (exact) mass is 290 g/mol. The molecule has 20 heavy (non-hydrogen) atoms. The van der Waals surface area contributed by atoms with Crippen molar-refractivity contribution < 1.29 is 4.79 Å². The molecule has 3 nitrogen and oxygen atoms in total.